The Morgan fingerprint density at radius 2 is 2.30 bits per heavy atom. The van der Waals surface area contributed by atoms with Gasteiger partial charge in [-0.3, -0.25) is 4.79 Å². The van der Waals surface area contributed by atoms with Gasteiger partial charge in [-0.1, -0.05) is 0 Å². The van der Waals surface area contributed by atoms with Gasteiger partial charge in [0.25, 0.3) is 5.91 Å². The summed E-state index contributed by atoms with van der Waals surface area (Å²) >= 11 is 4.91. The van der Waals surface area contributed by atoms with Crippen LogP contribution in [0, 0.1) is 5.82 Å². The zero-order valence-corrected chi connectivity index (χ0v) is 12.7. The number of rotatable bonds is 0. The highest BCUT2D eigenvalue weighted by molar-refractivity contribution is 9.10. The molecule has 4 rings (SSSR count). The monoisotopic (exact) mass is 352 g/mol. The maximum absolute atomic E-state index is 13.6. The summed E-state index contributed by atoms with van der Waals surface area (Å²) in [6.07, 6.45) is 0.922. The molecule has 2 aliphatic heterocycles. The summed E-state index contributed by atoms with van der Waals surface area (Å²) in [4.78, 5) is 15.7. The summed E-state index contributed by atoms with van der Waals surface area (Å²) < 4.78 is 14.1. The highest BCUT2D eigenvalue weighted by Gasteiger charge is 2.38. The van der Waals surface area contributed by atoms with Crippen molar-refractivity contribution >= 4 is 44.5 Å². The van der Waals surface area contributed by atoms with Crippen LogP contribution in [0.15, 0.2) is 28.1 Å². The van der Waals surface area contributed by atoms with E-state index in [0.717, 1.165) is 24.2 Å². The summed E-state index contributed by atoms with van der Waals surface area (Å²) in [6.45, 7) is 0.774. The lowest BCUT2D eigenvalue weighted by atomic mass is 9.95. The van der Waals surface area contributed by atoms with E-state index in [2.05, 4.69) is 26.1 Å². The summed E-state index contributed by atoms with van der Waals surface area (Å²) in [6, 6.07) is 4.83. The van der Waals surface area contributed by atoms with E-state index in [-0.39, 0.29) is 17.8 Å². The number of anilines is 2. The van der Waals surface area contributed by atoms with Gasteiger partial charge in [0.1, 0.15) is 11.9 Å². The number of benzene rings is 1. The number of amides is 1. The summed E-state index contributed by atoms with van der Waals surface area (Å²) in [5, 5.41) is 4.85. The van der Waals surface area contributed by atoms with Gasteiger partial charge in [-0.15, -0.1) is 11.3 Å². The van der Waals surface area contributed by atoms with E-state index in [0.29, 0.717) is 10.2 Å². The number of hydrogen-bond acceptors (Lipinski definition) is 3. The van der Waals surface area contributed by atoms with Gasteiger partial charge < -0.3 is 10.2 Å². The molecule has 0 bridgehead atoms. The molecule has 3 nitrogen and oxygen atoms in total. The number of thiophene rings is 1. The van der Waals surface area contributed by atoms with Crippen LogP contribution < -0.4 is 10.2 Å². The fourth-order valence-electron chi connectivity index (χ4n) is 2.93. The normalized spacial score (nSPS) is 20.0. The number of hydrogen-bond donors (Lipinski definition) is 1. The van der Waals surface area contributed by atoms with Crippen molar-refractivity contribution in [3.05, 3.63) is 44.3 Å². The molecule has 1 unspecified atom stereocenters. The van der Waals surface area contributed by atoms with Gasteiger partial charge in [-0.05, 0) is 45.4 Å². The van der Waals surface area contributed by atoms with Crippen LogP contribution in [-0.2, 0) is 11.2 Å². The van der Waals surface area contributed by atoms with Crippen LogP contribution in [0.1, 0.15) is 16.5 Å². The Hall–Kier alpha value is -1.40. The molecule has 1 aromatic heterocycles. The minimum Gasteiger partial charge on any atom is -0.354 e. The van der Waals surface area contributed by atoms with Crippen LogP contribution in [0.3, 0.4) is 0 Å². The second-order valence-electron chi connectivity index (χ2n) is 4.92. The number of fused-ring (bicyclic) bond motifs is 5. The van der Waals surface area contributed by atoms with E-state index in [1.165, 1.54) is 10.9 Å². The standard InChI is InChI=1S/C14H10BrFN2OS/c15-8-5-11-10(6-9(8)16)17-14(19)13-7-2-4-20-12(7)1-3-18(11)13/h2,4-6,13H,1,3H2,(H,17,19). The molecule has 0 saturated heterocycles. The van der Waals surface area contributed by atoms with Crippen molar-refractivity contribution in [2.75, 3.05) is 16.8 Å². The topological polar surface area (TPSA) is 32.3 Å². The summed E-state index contributed by atoms with van der Waals surface area (Å²) in [7, 11) is 0. The SMILES string of the molecule is O=C1Nc2cc(F)c(Br)cc2N2CCc3sccc3C12. The molecule has 20 heavy (non-hydrogen) atoms. The molecular formula is C14H10BrFN2OS. The second-order valence-corrected chi connectivity index (χ2v) is 6.77. The van der Waals surface area contributed by atoms with Crippen molar-refractivity contribution in [1.29, 1.82) is 0 Å². The fourth-order valence-corrected chi connectivity index (χ4v) is 4.17. The van der Waals surface area contributed by atoms with Gasteiger partial charge >= 0.3 is 0 Å². The Labute approximate surface area is 127 Å². The molecule has 1 amide bonds. The average Bonchev–Trinajstić information content (AvgIpc) is 2.89. The third-order valence-electron chi connectivity index (χ3n) is 3.82. The summed E-state index contributed by atoms with van der Waals surface area (Å²) in [5.41, 5.74) is 2.50. The molecule has 1 aromatic carbocycles. The first-order valence-electron chi connectivity index (χ1n) is 6.28. The first kappa shape index (κ1) is 12.3. The van der Waals surface area contributed by atoms with Crippen LogP contribution in [0.25, 0.3) is 0 Å². The smallest absolute Gasteiger partial charge is 0.251 e. The minimum atomic E-state index is -0.365. The van der Waals surface area contributed by atoms with E-state index in [9.17, 15) is 9.18 Å². The van der Waals surface area contributed by atoms with E-state index >= 15 is 0 Å². The second kappa shape index (κ2) is 4.30. The van der Waals surface area contributed by atoms with Crippen LogP contribution in [0.2, 0.25) is 0 Å². The Bertz CT molecular complexity index is 730. The third-order valence-corrected chi connectivity index (χ3v) is 5.42. The molecule has 0 spiro atoms. The first-order valence-corrected chi connectivity index (χ1v) is 7.95. The molecular weight excluding hydrogens is 343 g/mol. The van der Waals surface area contributed by atoms with Crippen molar-refractivity contribution in [1.82, 2.24) is 0 Å². The molecule has 102 valence electrons. The van der Waals surface area contributed by atoms with Gasteiger partial charge in [0, 0.05) is 17.5 Å². The minimum absolute atomic E-state index is 0.0847. The van der Waals surface area contributed by atoms with Gasteiger partial charge in [-0.25, -0.2) is 4.39 Å². The Balaban J connectivity index is 1.89. The molecule has 0 aliphatic carbocycles. The quantitative estimate of drug-likeness (QED) is 0.783. The molecule has 0 saturated carbocycles. The van der Waals surface area contributed by atoms with Crippen LogP contribution in [0.4, 0.5) is 15.8 Å². The van der Waals surface area contributed by atoms with Crippen molar-refractivity contribution in [2.24, 2.45) is 0 Å². The van der Waals surface area contributed by atoms with Gasteiger partial charge in [0.05, 0.1) is 15.8 Å². The Morgan fingerprint density at radius 3 is 3.15 bits per heavy atom. The van der Waals surface area contributed by atoms with Crippen molar-refractivity contribution in [3.8, 4) is 0 Å². The summed E-state index contributed by atoms with van der Waals surface area (Å²) in [5.74, 6) is -0.450. The third kappa shape index (κ3) is 1.64. The Morgan fingerprint density at radius 1 is 1.45 bits per heavy atom. The van der Waals surface area contributed by atoms with E-state index in [1.54, 1.807) is 17.4 Å². The average molecular weight is 353 g/mol. The van der Waals surface area contributed by atoms with E-state index in [1.807, 2.05) is 11.4 Å². The number of nitrogens with zero attached hydrogens (tertiary/aromatic N) is 1. The zero-order chi connectivity index (χ0) is 13.9. The number of carbonyl (C=O) groups excluding carboxylic acids is 1. The lowest BCUT2D eigenvalue weighted by Crippen LogP contribution is -2.45. The van der Waals surface area contributed by atoms with E-state index < -0.39 is 0 Å². The van der Waals surface area contributed by atoms with Crippen LogP contribution in [0.5, 0.6) is 0 Å². The molecule has 2 aliphatic rings. The highest BCUT2D eigenvalue weighted by Crippen LogP contribution is 2.44. The van der Waals surface area contributed by atoms with Crippen molar-refractivity contribution < 1.29 is 9.18 Å². The molecule has 6 heteroatoms. The number of nitrogens with one attached hydrogen (secondary N) is 1. The fraction of sp³-hybridized carbons (Fsp3) is 0.214. The predicted octanol–water partition coefficient (Wildman–Crippen LogP) is 3.71. The molecule has 0 radical (unpaired) electrons. The number of halogens is 2. The predicted molar refractivity (Wildman–Crippen MR) is 80.8 cm³/mol. The Kier molecular flexibility index (Phi) is 2.65. The largest absolute Gasteiger partial charge is 0.354 e. The molecule has 0 fully saturated rings. The lowest BCUT2D eigenvalue weighted by molar-refractivity contribution is -0.117. The first-order chi connectivity index (χ1) is 9.65. The highest BCUT2D eigenvalue weighted by atomic mass is 79.9. The van der Waals surface area contributed by atoms with Crippen molar-refractivity contribution in [2.45, 2.75) is 12.5 Å². The molecule has 2 aromatic rings. The van der Waals surface area contributed by atoms with Gasteiger partial charge in [0.2, 0.25) is 0 Å². The molecule has 1 atom stereocenters. The zero-order valence-electron chi connectivity index (χ0n) is 10.3. The van der Waals surface area contributed by atoms with E-state index in [4.69, 9.17) is 0 Å². The van der Waals surface area contributed by atoms with Gasteiger partial charge in [0.15, 0.2) is 0 Å². The molecule has 1 N–H and O–H groups in total. The maximum Gasteiger partial charge on any atom is 0.251 e. The number of carbonyl (C=O) groups is 1. The van der Waals surface area contributed by atoms with Crippen LogP contribution in [-0.4, -0.2) is 12.5 Å². The van der Waals surface area contributed by atoms with Crippen LogP contribution >= 0.6 is 27.3 Å². The van der Waals surface area contributed by atoms with Crippen molar-refractivity contribution in [3.63, 3.8) is 0 Å². The molecule has 3 heterocycles. The van der Waals surface area contributed by atoms with Gasteiger partial charge in [-0.2, -0.15) is 0 Å². The lowest BCUT2D eigenvalue weighted by Gasteiger charge is -2.41. The maximum atomic E-state index is 13.6.